The first-order chi connectivity index (χ1) is 24.8. The number of likely N-dealkylation sites (tertiary alicyclic amines) is 1. The lowest BCUT2D eigenvalue weighted by Gasteiger charge is -2.43. The molecular weight excluding hydrogens is 660 g/mol. The lowest BCUT2D eigenvalue weighted by molar-refractivity contribution is -0.128. The minimum absolute atomic E-state index is 0.0428. The monoisotopic (exact) mass is 706 g/mol. The molecule has 2 aliphatic rings. The van der Waals surface area contributed by atoms with E-state index in [4.69, 9.17) is 15.2 Å². The minimum Gasteiger partial charge on any atom is -0.457 e. The van der Waals surface area contributed by atoms with E-state index in [0.29, 0.717) is 73.8 Å². The number of carbonyl (C=O) groups excluding carboxylic acids is 2. The Hall–Kier alpha value is -5.61. The number of ether oxygens (including phenoxy) is 2. The average molecular weight is 707 g/mol. The summed E-state index contributed by atoms with van der Waals surface area (Å²) in [6.45, 7) is 12.2. The van der Waals surface area contributed by atoms with Crippen molar-refractivity contribution < 1.29 is 19.1 Å². The van der Waals surface area contributed by atoms with Crippen LogP contribution in [0.2, 0.25) is 0 Å². The molecule has 2 N–H and O–H groups in total. The maximum absolute atomic E-state index is 14.3. The quantitative estimate of drug-likeness (QED) is 0.194. The lowest BCUT2D eigenvalue weighted by atomic mass is 9.96. The number of piperazine rings is 1. The van der Waals surface area contributed by atoms with Crippen molar-refractivity contribution in [2.24, 2.45) is 0 Å². The van der Waals surface area contributed by atoms with Crippen molar-refractivity contribution in [2.45, 2.75) is 64.6 Å². The van der Waals surface area contributed by atoms with Crippen LogP contribution in [-0.2, 0) is 9.53 Å². The van der Waals surface area contributed by atoms with Crippen LogP contribution >= 0.6 is 0 Å². The summed E-state index contributed by atoms with van der Waals surface area (Å²) < 4.78 is 14.7. The van der Waals surface area contributed by atoms with Gasteiger partial charge in [0.05, 0.1) is 17.2 Å². The van der Waals surface area contributed by atoms with Crippen LogP contribution < -0.4 is 16.2 Å². The molecule has 2 aliphatic heterocycles. The first-order valence-corrected chi connectivity index (χ1v) is 17.6. The second-order valence-corrected chi connectivity index (χ2v) is 14.8. The molecule has 52 heavy (non-hydrogen) atoms. The van der Waals surface area contributed by atoms with Gasteiger partial charge in [0, 0.05) is 51.0 Å². The number of aromatic nitrogens is 3. The summed E-state index contributed by atoms with van der Waals surface area (Å²) >= 11 is 0. The van der Waals surface area contributed by atoms with Crippen LogP contribution in [0.4, 0.5) is 10.6 Å². The van der Waals surface area contributed by atoms with E-state index in [2.05, 4.69) is 16.0 Å². The number of benzene rings is 2. The van der Waals surface area contributed by atoms with Crippen LogP contribution in [-0.4, -0.2) is 91.2 Å². The first kappa shape index (κ1) is 36.2. The molecule has 4 aromatic rings. The predicted octanol–water partition coefficient (Wildman–Crippen LogP) is 5.51. The summed E-state index contributed by atoms with van der Waals surface area (Å²) in [5.74, 6) is 1.15. The maximum Gasteiger partial charge on any atom is 0.410 e. The van der Waals surface area contributed by atoms with Crippen molar-refractivity contribution in [2.75, 3.05) is 45.0 Å². The molecular formula is C39H46N8O5. The molecule has 0 unspecified atom stereocenters. The van der Waals surface area contributed by atoms with Crippen LogP contribution in [0.1, 0.15) is 53.5 Å². The van der Waals surface area contributed by atoms with Gasteiger partial charge < -0.3 is 25.0 Å². The third-order valence-electron chi connectivity index (χ3n) is 9.53. The van der Waals surface area contributed by atoms with Gasteiger partial charge in [0.1, 0.15) is 40.1 Å². The smallest absolute Gasteiger partial charge is 0.410 e. The normalized spacial score (nSPS) is 17.5. The minimum atomic E-state index is -0.632. The number of hydrogen-bond donors (Lipinski definition) is 1. The molecule has 1 atom stereocenters. The van der Waals surface area contributed by atoms with Crippen molar-refractivity contribution >= 4 is 28.9 Å². The maximum atomic E-state index is 14.3. The van der Waals surface area contributed by atoms with Crippen molar-refractivity contribution in [1.29, 1.82) is 5.26 Å². The Bertz CT molecular complexity index is 2060. The molecule has 13 nitrogen and oxygen atoms in total. The Labute approximate surface area is 303 Å². The number of hydrogen-bond acceptors (Lipinski definition) is 9. The molecule has 2 amide bonds. The van der Waals surface area contributed by atoms with E-state index in [1.807, 2.05) is 65.0 Å². The van der Waals surface area contributed by atoms with Gasteiger partial charge in [-0.25, -0.2) is 14.6 Å². The number of piperidine rings is 1. The molecule has 6 rings (SSSR count). The zero-order valence-corrected chi connectivity index (χ0v) is 30.4. The van der Waals surface area contributed by atoms with Gasteiger partial charge in [-0.15, -0.1) is 0 Å². The van der Waals surface area contributed by atoms with E-state index in [1.165, 1.54) is 0 Å². The number of para-hydroxylation sites is 1. The molecule has 0 saturated carbocycles. The number of nitrogens with two attached hydrogens (primary N) is 1. The first-order valence-electron chi connectivity index (χ1n) is 17.6. The largest absolute Gasteiger partial charge is 0.457 e. The second-order valence-electron chi connectivity index (χ2n) is 14.8. The summed E-state index contributed by atoms with van der Waals surface area (Å²) in [6.07, 6.45) is 4.26. The number of nitriles is 1. The lowest BCUT2D eigenvalue weighted by Crippen LogP contribution is -2.56. The van der Waals surface area contributed by atoms with Gasteiger partial charge in [0.15, 0.2) is 0 Å². The number of imidazole rings is 1. The topological polar surface area (TPSA) is 152 Å². The fraction of sp³-hybridized carbons (Fsp3) is 0.410. The molecule has 13 heteroatoms. The fourth-order valence-electron chi connectivity index (χ4n) is 6.97. The molecule has 272 valence electrons. The SMILES string of the molecule is CC(C)(C)OC(=O)N1CCN(C(C)(C)/C=C(\C#N)C(=O)N2CCC[C@@H](n3c(=O)n(-c4ccc(Oc5ccccc5)cc4)c4c(N)nccc43)C2)CC1. The highest BCUT2D eigenvalue weighted by Gasteiger charge is 2.35. The van der Waals surface area contributed by atoms with E-state index in [0.717, 1.165) is 0 Å². The molecule has 0 radical (unpaired) electrons. The molecule has 0 spiro atoms. The summed E-state index contributed by atoms with van der Waals surface area (Å²) in [7, 11) is 0. The van der Waals surface area contributed by atoms with E-state index in [9.17, 15) is 19.6 Å². The fourth-order valence-corrected chi connectivity index (χ4v) is 6.97. The van der Waals surface area contributed by atoms with Gasteiger partial charge in [-0.2, -0.15) is 5.26 Å². The third-order valence-corrected chi connectivity index (χ3v) is 9.53. The van der Waals surface area contributed by atoms with E-state index in [-0.39, 0.29) is 41.7 Å². The predicted molar refractivity (Wildman–Crippen MR) is 198 cm³/mol. The standard InChI is InChI=1S/C39H46N8O5/c1-38(2,3)52-37(50)43-20-22-45(23-21-43)39(4,5)24-27(25-40)35(48)44-19-9-10-29(26-44)46-32-17-18-42-34(41)33(32)47(36(46)49)28-13-15-31(16-14-28)51-30-11-7-6-8-12-30/h6-8,11-18,24,29H,9-10,19-23,26H2,1-5H3,(H2,41,42)/b27-24+/t29-/m1/s1. The molecule has 2 aromatic carbocycles. The van der Waals surface area contributed by atoms with Crippen LogP contribution in [0.3, 0.4) is 0 Å². The van der Waals surface area contributed by atoms with Gasteiger partial charge in [0.25, 0.3) is 5.91 Å². The van der Waals surface area contributed by atoms with Crippen LogP contribution in [0, 0.1) is 11.3 Å². The van der Waals surface area contributed by atoms with Gasteiger partial charge in [0.2, 0.25) is 0 Å². The number of rotatable bonds is 7. The number of fused-ring (bicyclic) bond motifs is 1. The van der Waals surface area contributed by atoms with E-state index in [1.54, 1.807) is 61.5 Å². The Morgan fingerprint density at radius 3 is 2.25 bits per heavy atom. The van der Waals surface area contributed by atoms with Gasteiger partial charge in [-0.05, 0) is 96.0 Å². The molecule has 2 saturated heterocycles. The molecule has 2 fully saturated rings. The summed E-state index contributed by atoms with van der Waals surface area (Å²) in [4.78, 5) is 50.6. The zero-order chi connectivity index (χ0) is 37.2. The highest BCUT2D eigenvalue weighted by Crippen LogP contribution is 2.31. The van der Waals surface area contributed by atoms with Crippen LogP contribution in [0.5, 0.6) is 11.5 Å². The molecule has 0 bridgehead atoms. The van der Waals surface area contributed by atoms with E-state index >= 15 is 0 Å². The highest BCUT2D eigenvalue weighted by atomic mass is 16.6. The number of pyridine rings is 1. The molecule has 0 aliphatic carbocycles. The Balaban J connectivity index is 1.21. The zero-order valence-electron chi connectivity index (χ0n) is 30.4. The number of nitrogen functional groups attached to an aromatic ring is 1. The van der Waals surface area contributed by atoms with Crippen LogP contribution in [0.25, 0.3) is 16.7 Å². The van der Waals surface area contributed by atoms with Crippen molar-refractivity contribution in [1.82, 2.24) is 28.8 Å². The van der Waals surface area contributed by atoms with Crippen molar-refractivity contribution in [3.05, 3.63) is 89.0 Å². The van der Waals surface area contributed by atoms with E-state index < -0.39 is 11.1 Å². The number of anilines is 1. The Morgan fingerprint density at radius 2 is 1.60 bits per heavy atom. The second kappa shape index (κ2) is 14.6. The van der Waals surface area contributed by atoms with Gasteiger partial charge >= 0.3 is 11.8 Å². The van der Waals surface area contributed by atoms with Gasteiger partial charge in [-0.1, -0.05) is 18.2 Å². The van der Waals surface area contributed by atoms with Crippen LogP contribution in [0.15, 0.2) is 83.3 Å². The third kappa shape index (κ3) is 7.67. The summed E-state index contributed by atoms with van der Waals surface area (Å²) in [6, 6.07) is 20.2. The summed E-state index contributed by atoms with van der Waals surface area (Å²) in [5, 5.41) is 10.2. The molecule has 4 heterocycles. The highest BCUT2D eigenvalue weighted by molar-refractivity contribution is 5.97. The van der Waals surface area contributed by atoms with Crippen molar-refractivity contribution in [3.8, 4) is 23.3 Å². The number of amides is 2. The summed E-state index contributed by atoms with van der Waals surface area (Å²) in [5.41, 5.74) is 6.63. The average Bonchev–Trinajstić information content (AvgIpc) is 3.43. The van der Waals surface area contributed by atoms with Gasteiger partial charge in [-0.3, -0.25) is 18.8 Å². The Kier molecular flexibility index (Phi) is 10.1. The van der Waals surface area contributed by atoms with Crippen molar-refractivity contribution in [3.63, 3.8) is 0 Å². The number of nitrogens with zero attached hydrogens (tertiary/aromatic N) is 7. The molecule has 2 aromatic heterocycles. The Morgan fingerprint density at radius 1 is 0.923 bits per heavy atom. The number of carbonyl (C=O) groups is 2.